The minimum atomic E-state index is -3.73. The highest BCUT2D eigenvalue weighted by Crippen LogP contribution is 2.55. The molecule has 6 rings (SSSR count). The van der Waals surface area contributed by atoms with Crippen LogP contribution in [0.1, 0.15) is 38.5 Å². The fraction of sp³-hybridized carbons (Fsp3) is 0.435. The van der Waals surface area contributed by atoms with E-state index in [0.29, 0.717) is 17.1 Å². The van der Waals surface area contributed by atoms with Gasteiger partial charge in [-0.2, -0.15) is 0 Å². The molecular formula is C23H28N4O3S. The fourth-order valence-electron chi connectivity index (χ4n) is 6.15. The Balaban J connectivity index is 1.22. The molecule has 7 nitrogen and oxygen atoms in total. The average Bonchev–Trinajstić information content (AvgIpc) is 2.68. The Labute approximate surface area is 182 Å². The van der Waals surface area contributed by atoms with Gasteiger partial charge in [-0.1, -0.05) is 0 Å². The number of nitrogens with one attached hydrogen (secondary N) is 3. The first-order chi connectivity index (χ1) is 14.8. The topological polar surface area (TPSA) is 113 Å². The van der Waals surface area contributed by atoms with E-state index in [0.717, 1.165) is 37.0 Å². The van der Waals surface area contributed by atoms with Crippen molar-refractivity contribution in [3.63, 3.8) is 0 Å². The Kier molecular flexibility index (Phi) is 4.84. The van der Waals surface area contributed by atoms with Gasteiger partial charge in [0.05, 0.1) is 4.90 Å². The molecular weight excluding hydrogens is 412 g/mol. The molecule has 5 N–H and O–H groups in total. The summed E-state index contributed by atoms with van der Waals surface area (Å²) < 4.78 is 27.7. The number of carbonyl (C=O) groups is 1. The van der Waals surface area contributed by atoms with Crippen molar-refractivity contribution < 1.29 is 13.2 Å². The van der Waals surface area contributed by atoms with Crippen molar-refractivity contribution in [1.82, 2.24) is 5.32 Å². The van der Waals surface area contributed by atoms with Crippen LogP contribution in [0.15, 0.2) is 53.4 Å². The second kappa shape index (κ2) is 7.44. The molecule has 0 unspecified atom stereocenters. The lowest BCUT2D eigenvalue weighted by Crippen LogP contribution is -2.60. The van der Waals surface area contributed by atoms with E-state index in [-0.39, 0.29) is 16.5 Å². The van der Waals surface area contributed by atoms with Crippen LogP contribution in [0.3, 0.4) is 0 Å². The molecule has 0 heterocycles. The molecule has 0 aromatic heterocycles. The smallest absolute Gasteiger partial charge is 0.319 e. The molecule has 0 aliphatic heterocycles. The largest absolute Gasteiger partial charge is 0.399 e. The zero-order valence-corrected chi connectivity index (χ0v) is 18.1. The Morgan fingerprint density at radius 2 is 1.35 bits per heavy atom. The van der Waals surface area contributed by atoms with E-state index in [4.69, 9.17) is 5.73 Å². The third-order valence-corrected chi connectivity index (χ3v) is 8.40. The summed E-state index contributed by atoms with van der Waals surface area (Å²) in [6.45, 7) is 0. The van der Waals surface area contributed by atoms with Gasteiger partial charge in [0.15, 0.2) is 0 Å². The summed E-state index contributed by atoms with van der Waals surface area (Å²) in [4.78, 5) is 12.8. The van der Waals surface area contributed by atoms with Gasteiger partial charge in [0.25, 0.3) is 10.0 Å². The van der Waals surface area contributed by atoms with E-state index in [9.17, 15) is 13.2 Å². The number of nitrogen functional groups attached to an aromatic ring is 1. The van der Waals surface area contributed by atoms with Gasteiger partial charge in [-0.3, -0.25) is 4.72 Å². The first kappa shape index (κ1) is 20.2. The summed E-state index contributed by atoms with van der Waals surface area (Å²) in [6.07, 6.45) is 7.22. The third-order valence-electron chi connectivity index (χ3n) is 7.00. The Morgan fingerprint density at radius 3 is 1.90 bits per heavy atom. The summed E-state index contributed by atoms with van der Waals surface area (Å²) in [7, 11) is -3.73. The van der Waals surface area contributed by atoms with Crippen molar-refractivity contribution >= 4 is 33.1 Å². The number of sulfonamides is 1. The first-order valence-electron chi connectivity index (χ1n) is 10.9. The number of nitrogens with two attached hydrogens (primary N) is 1. The molecule has 4 bridgehead atoms. The maximum atomic E-state index is 12.7. The molecule has 2 aromatic carbocycles. The van der Waals surface area contributed by atoms with E-state index in [1.165, 1.54) is 31.4 Å². The third kappa shape index (κ3) is 4.21. The van der Waals surface area contributed by atoms with Crippen LogP contribution in [0.5, 0.6) is 0 Å². The predicted molar refractivity (Wildman–Crippen MR) is 121 cm³/mol. The van der Waals surface area contributed by atoms with Crippen LogP contribution in [0.25, 0.3) is 0 Å². The Bertz CT molecular complexity index is 1050. The number of hydrogen-bond donors (Lipinski definition) is 4. The van der Waals surface area contributed by atoms with Crippen LogP contribution in [0.4, 0.5) is 21.9 Å². The van der Waals surface area contributed by atoms with Gasteiger partial charge in [0.2, 0.25) is 0 Å². The zero-order chi connectivity index (χ0) is 21.6. The standard InChI is InChI=1S/C23H28N4O3S/c24-18-1-3-20(4-2-18)27-31(29,30)21-7-5-19(6-8-21)25-22(28)26-23-12-15-9-16(13-23)11-17(10-15)14-23/h1-8,15-17,27H,9-14,24H2,(H2,25,26,28). The van der Waals surface area contributed by atoms with E-state index < -0.39 is 10.0 Å². The molecule has 4 aliphatic rings. The van der Waals surface area contributed by atoms with E-state index >= 15 is 0 Å². The molecule has 8 heteroatoms. The lowest BCUT2D eigenvalue weighted by molar-refractivity contribution is -0.0127. The summed E-state index contributed by atoms with van der Waals surface area (Å²) in [5.41, 5.74) is 7.13. The first-order valence-corrected chi connectivity index (χ1v) is 12.3. The van der Waals surface area contributed by atoms with Gasteiger partial charge >= 0.3 is 6.03 Å². The maximum absolute atomic E-state index is 12.7. The van der Waals surface area contributed by atoms with Crippen LogP contribution in [0, 0.1) is 17.8 Å². The normalized spacial score (nSPS) is 28.8. The zero-order valence-electron chi connectivity index (χ0n) is 17.3. The highest BCUT2D eigenvalue weighted by Gasteiger charge is 2.51. The van der Waals surface area contributed by atoms with Crippen LogP contribution in [-0.4, -0.2) is 20.0 Å². The predicted octanol–water partition coefficient (Wildman–Crippen LogP) is 4.16. The number of carbonyl (C=O) groups excluding carboxylic acids is 1. The lowest BCUT2D eigenvalue weighted by atomic mass is 9.53. The number of urea groups is 1. The molecule has 2 aromatic rings. The molecule has 4 fully saturated rings. The van der Waals surface area contributed by atoms with Crippen molar-refractivity contribution in [2.45, 2.75) is 49.0 Å². The highest BCUT2D eigenvalue weighted by atomic mass is 32.2. The molecule has 4 aliphatic carbocycles. The van der Waals surface area contributed by atoms with Crippen LogP contribution >= 0.6 is 0 Å². The van der Waals surface area contributed by atoms with Gasteiger partial charge < -0.3 is 16.4 Å². The van der Waals surface area contributed by atoms with E-state index in [1.807, 2.05) is 0 Å². The minimum Gasteiger partial charge on any atom is -0.399 e. The number of rotatable bonds is 5. The Morgan fingerprint density at radius 1 is 0.839 bits per heavy atom. The van der Waals surface area contributed by atoms with Gasteiger partial charge in [0, 0.05) is 22.6 Å². The molecule has 0 radical (unpaired) electrons. The number of amides is 2. The monoisotopic (exact) mass is 440 g/mol. The van der Waals surface area contributed by atoms with Crippen molar-refractivity contribution in [2.24, 2.45) is 17.8 Å². The molecule has 164 valence electrons. The lowest BCUT2D eigenvalue weighted by Gasteiger charge is -2.56. The van der Waals surface area contributed by atoms with Gasteiger partial charge in [-0.25, -0.2) is 13.2 Å². The second-order valence-electron chi connectivity index (χ2n) is 9.53. The number of anilines is 3. The summed E-state index contributed by atoms with van der Waals surface area (Å²) >= 11 is 0. The Hall–Kier alpha value is -2.74. The number of hydrogen-bond acceptors (Lipinski definition) is 4. The van der Waals surface area contributed by atoms with Crippen LogP contribution in [0.2, 0.25) is 0 Å². The van der Waals surface area contributed by atoms with Gasteiger partial charge in [-0.15, -0.1) is 0 Å². The summed E-state index contributed by atoms with van der Waals surface area (Å²) in [5.74, 6) is 2.26. The van der Waals surface area contributed by atoms with Gasteiger partial charge in [-0.05, 0) is 105 Å². The van der Waals surface area contributed by atoms with Crippen molar-refractivity contribution in [1.29, 1.82) is 0 Å². The summed E-state index contributed by atoms with van der Waals surface area (Å²) in [6, 6.07) is 12.5. The van der Waals surface area contributed by atoms with Crippen LogP contribution < -0.4 is 21.1 Å². The molecule has 2 amide bonds. The van der Waals surface area contributed by atoms with Crippen molar-refractivity contribution in [3.8, 4) is 0 Å². The summed E-state index contributed by atoms with van der Waals surface area (Å²) in [5, 5.41) is 6.14. The SMILES string of the molecule is Nc1ccc(NS(=O)(=O)c2ccc(NC(=O)NC34CC5CC(CC(C5)C3)C4)cc2)cc1. The molecule has 0 saturated heterocycles. The van der Waals surface area contributed by atoms with Gasteiger partial charge in [0.1, 0.15) is 0 Å². The highest BCUT2D eigenvalue weighted by molar-refractivity contribution is 7.92. The quantitative estimate of drug-likeness (QED) is 0.523. The number of benzene rings is 2. The molecule has 31 heavy (non-hydrogen) atoms. The maximum Gasteiger partial charge on any atom is 0.319 e. The van der Waals surface area contributed by atoms with Crippen molar-refractivity contribution in [3.05, 3.63) is 48.5 Å². The van der Waals surface area contributed by atoms with Crippen molar-refractivity contribution in [2.75, 3.05) is 15.8 Å². The molecule has 0 atom stereocenters. The molecule has 0 spiro atoms. The average molecular weight is 441 g/mol. The molecule has 4 saturated carbocycles. The van der Waals surface area contributed by atoms with E-state index in [1.54, 1.807) is 36.4 Å². The minimum absolute atomic E-state index is 0.0644. The fourth-order valence-corrected chi connectivity index (χ4v) is 7.21. The second-order valence-corrected chi connectivity index (χ2v) is 11.2. The van der Waals surface area contributed by atoms with Crippen LogP contribution in [-0.2, 0) is 10.0 Å². The van der Waals surface area contributed by atoms with E-state index in [2.05, 4.69) is 15.4 Å².